The molecule has 0 atom stereocenters. The molecule has 3 nitrogen and oxygen atoms in total. The average molecular weight is 402 g/mol. The van der Waals surface area contributed by atoms with Gasteiger partial charge in [-0.1, -0.05) is 29.8 Å². The Morgan fingerprint density at radius 3 is 2.57 bits per heavy atom. The molecular formula is C21H13ClF3N2O. The Morgan fingerprint density at radius 2 is 1.86 bits per heavy atom. The number of alkyl halides is 3. The number of nitrogens with two attached hydrogens (primary N) is 1. The maximum absolute atomic E-state index is 13.1. The highest BCUT2D eigenvalue weighted by molar-refractivity contribution is 6.31. The summed E-state index contributed by atoms with van der Waals surface area (Å²) in [7, 11) is 0. The number of fused-ring (bicyclic) bond motifs is 3. The minimum Gasteiger partial charge on any atom is -0.366 e. The van der Waals surface area contributed by atoms with E-state index in [9.17, 15) is 18.0 Å². The van der Waals surface area contributed by atoms with Crippen LogP contribution in [-0.4, -0.2) is 10.5 Å². The van der Waals surface area contributed by atoms with E-state index < -0.39 is 17.6 Å². The SMILES string of the molecule is NC(=O)c1cccc2c1c1[c]cc(Cl)cc1n2Cc1cccc(C(F)(F)F)c1. The fourth-order valence-corrected chi connectivity index (χ4v) is 3.59. The maximum atomic E-state index is 13.1. The lowest BCUT2D eigenvalue weighted by Crippen LogP contribution is -2.11. The number of primary amides is 1. The Balaban J connectivity index is 1.97. The highest BCUT2D eigenvalue weighted by atomic mass is 35.5. The van der Waals surface area contributed by atoms with Crippen LogP contribution < -0.4 is 5.73 Å². The van der Waals surface area contributed by atoms with Gasteiger partial charge in [0.25, 0.3) is 0 Å². The van der Waals surface area contributed by atoms with Crippen molar-refractivity contribution in [2.75, 3.05) is 0 Å². The van der Waals surface area contributed by atoms with Crippen molar-refractivity contribution in [3.05, 3.63) is 82.4 Å². The molecule has 28 heavy (non-hydrogen) atoms. The van der Waals surface area contributed by atoms with E-state index in [0.717, 1.165) is 12.1 Å². The second kappa shape index (κ2) is 6.56. The molecule has 4 rings (SSSR count). The highest BCUT2D eigenvalue weighted by Gasteiger charge is 2.30. The summed E-state index contributed by atoms with van der Waals surface area (Å²) in [5, 5.41) is 1.68. The third-order valence-corrected chi connectivity index (χ3v) is 4.84. The number of rotatable bonds is 3. The smallest absolute Gasteiger partial charge is 0.366 e. The van der Waals surface area contributed by atoms with Gasteiger partial charge >= 0.3 is 6.18 Å². The summed E-state index contributed by atoms with van der Waals surface area (Å²) in [6, 6.07) is 16.6. The van der Waals surface area contributed by atoms with Crippen molar-refractivity contribution in [3.63, 3.8) is 0 Å². The van der Waals surface area contributed by atoms with Crippen molar-refractivity contribution in [2.45, 2.75) is 12.7 Å². The summed E-state index contributed by atoms with van der Waals surface area (Å²) >= 11 is 6.12. The van der Waals surface area contributed by atoms with Crippen LogP contribution in [-0.2, 0) is 12.7 Å². The van der Waals surface area contributed by atoms with Gasteiger partial charge < -0.3 is 10.3 Å². The van der Waals surface area contributed by atoms with Crippen molar-refractivity contribution in [3.8, 4) is 0 Å². The summed E-state index contributed by atoms with van der Waals surface area (Å²) in [6.07, 6.45) is -4.42. The lowest BCUT2D eigenvalue weighted by molar-refractivity contribution is -0.137. The molecule has 0 aliphatic carbocycles. The Bertz CT molecular complexity index is 1230. The molecule has 1 heterocycles. The summed E-state index contributed by atoms with van der Waals surface area (Å²) in [4.78, 5) is 11.9. The van der Waals surface area contributed by atoms with Gasteiger partial charge in [-0.25, -0.2) is 0 Å². The minimum atomic E-state index is -4.42. The van der Waals surface area contributed by atoms with Crippen molar-refractivity contribution in [1.29, 1.82) is 0 Å². The molecule has 0 unspecified atom stereocenters. The van der Waals surface area contributed by atoms with Gasteiger partial charge in [0, 0.05) is 27.9 Å². The molecule has 0 fully saturated rings. The quantitative estimate of drug-likeness (QED) is 0.490. The molecule has 0 bridgehead atoms. The third kappa shape index (κ3) is 3.10. The van der Waals surface area contributed by atoms with Gasteiger partial charge in [-0.3, -0.25) is 4.79 Å². The standard InChI is InChI=1S/C21H13ClF3N2O/c22-14-7-8-15-18(10-14)27(17-6-2-5-16(19(15)17)20(26)28)11-12-3-1-4-13(9-12)21(23,24)25/h1-7,9-10H,11H2,(H2,26,28). The summed E-state index contributed by atoms with van der Waals surface area (Å²) in [5.74, 6) is -0.591. The molecule has 1 amide bonds. The number of amides is 1. The van der Waals surface area contributed by atoms with Crippen molar-refractivity contribution < 1.29 is 18.0 Å². The van der Waals surface area contributed by atoms with Crippen LogP contribution in [0.2, 0.25) is 5.02 Å². The Hall–Kier alpha value is -2.99. The Labute approximate surface area is 163 Å². The van der Waals surface area contributed by atoms with E-state index in [4.69, 9.17) is 17.3 Å². The molecule has 2 N–H and O–H groups in total. The molecule has 141 valence electrons. The molecule has 0 saturated heterocycles. The van der Waals surface area contributed by atoms with Crippen molar-refractivity contribution in [2.24, 2.45) is 5.73 Å². The van der Waals surface area contributed by atoms with E-state index >= 15 is 0 Å². The summed E-state index contributed by atoms with van der Waals surface area (Å²) < 4.78 is 41.0. The second-order valence-corrected chi connectivity index (χ2v) is 6.86. The summed E-state index contributed by atoms with van der Waals surface area (Å²) in [6.45, 7) is 0.167. The van der Waals surface area contributed by atoms with E-state index in [1.54, 1.807) is 36.4 Å². The van der Waals surface area contributed by atoms with Crippen LogP contribution in [0, 0.1) is 6.07 Å². The number of halogens is 4. The number of nitrogens with zero attached hydrogens (tertiary/aromatic N) is 1. The fourth-order valence-electron chi connectivity index (χ4n) is 3.43. The molecule has 3 aromatic carbocycles. The van der Waals surface area contributed by atoms with Crippen LogP contribution in [0.4, 0.5) is 13.2 Å². The number of hydrogen-bond donors (Lipinski definition) is 1. The van der Waals surface area contributed by atoms with Gasteiger partial charge in [0.1, 0.15) is 0 Å². The predicted octanol–water partition coefficient (Wildman–Crippen LogP) is 5.41. The largest absolute Gasteiger partial charge is 0.416 e. The van der Waals surface area contributed by atoms with E-state index in [-0.39, 0.29) is 6.54 Å². The minimum absolute atomic E-state index is 0.167. The average Bonchev–Trinajstić information content (AvgIpc) is 2.94. The molecule has 0 saturated carbocycles. The van der Waals surface area contributed by atoms with E-state index in [1.165, 1.54) is 6.07 Å². The monoisotopic (exact) mass is 401 g/mol. The summed E-state index contributed by atoms with van der Waals surface area (Å²) in [5.41, 5.74) is 6.93. The number of carbonyl (C=O) groups excluding carboxylic acids is 1. The zero-order valence-electron chi connectivity index (χ0n) is 14.3. The fraction of sp³-hybridized carbons (Fsp3) is 0.0952. The second-order valence-electron chi connectivity index (χ2n) is 6.43. The Kier molecular flexibility index (Phi) is 4.31. The predicted molar refractivity (Wildman–Crippen MR) is 102 cm³/mol. The van der Waals surface area contributed by atoms with Gasteiger partial charge in [0.2, 0.25) is 5.91 Å². The van der Waals surface area contributed by atoms with Crippen LogP contribution in [0.3, 0.4) is 0 Å². The number of hydrogen-bond acceptors (Lipinski definition) is 1. The molecule has 0 aliphatic rings. The van der Waals surface area contributed by atoms with Gasteiger partial charge in [0.05, 0.1) is 16.6 Å². The van der Waals surface area contributed by atoms with Gasteiger partial charge in [-0.15, -0.1) is 0 Å². The van der Waals surface area contributed by atoms with Gasteiger partial charge in [-0.2, -0.15) is 13.2 Å². The van der Waals surface area contributed by atoms with E-state index in [0.29, 0.717) is 38.0 Å². The molecule has 1 radical (unpaired) electrons. The lowest BCUT2D eigenvalue weighted by atomic mass is 10.1. The third-order valence-electron chi connectivity index (χ3n) is 4.62. The van der Waals surface area contributed by atoms with Crippen molar-refractivity contribution >= 4 is 39.3 Å². The number of carbonyl (C=O) groups is 1. The lowest BCUT2D eigenvalue weighted by Gasteiger charge is -2.11. The van der Waals surface area contributed by atoms with Crippen LogP contribution in [0.5, 0.6) is 0 Å². The van der Waals surface area contributed by atoms with E-state index in [2.05, 4.69) is 6.07 Å². The van der Waals surface area contributed by atoms with Crippen LogP contribution in [0.15, 0.2) is 54.6 Å². The molecule has 7 heteroatoms. The zero-order valence-corrected chi connectivity index (χ0v) is 15.1. The first-order chi connectivity index (χ1) is 13.3. The normalized spacial score (nSPS) is 12.0. The Morgan fingerprint density at radius 1 is 1.11 bits per heavy atom. The van der Waals surface area contributed by atoms with Gasteiger partial charge in [0.15, 0.2) is 0 Å². The molecular weight excluding hydrogens is 389 g/mol. The first-order valence-electron chi connectivity index (χ1n) is 8.34. The number of benzene rings is 3. The topological polar surface area (TPSA) is 48.0 Å². The van der Waals surface area contributed by atoms with Crippen LogP contribution in [0.25, 0.3) is 21.8 Å². The van der Waals surface area contributed by atoms with Crippen molar-refractivity contribution in [1.82, 2.24) is 4.57 Å². The highest BCUT2D eigenvalue weighted by Crippen LogP contribution is 2.34. The maximum Gasteiger partial charge on any atom is 0.416 e. The number of aromatic nitrogens is 1. The first kappa shape index (κ1) is 18.4. The van der Waals surface area contributed by atoms with Gasteiger partial charge in [-0.05, 0) is 48.0 Å². The van der Waals surface area contributed by atoms with Crippen LogP contribution in [0.1, 0.15) is 21.5 Å². The molecule has 0 spiro atoms. The molecule has 0 aliphatic heterocycles. The first-order valence-corrected chi connectivity index (χ1v) is 8.71. The molecule has 4 aromatic rings. The van der Waals surface area contributed by atoms with E-state index in [1.807, 2.05) is 4.57 Å². The molecule has 1 aromatic heterocycles. The zero-order chi connectivity index (χ0) is 20.1. The van der Waals surface area contributed by atoms with Crippen LogP contribution >= 0.6 is 11.6 Å².